The third-order valence-electron chi connectivity index (χ3n) is 13.0. The summed E-state index contributed by atoms with van der Waals surface area (Å²) in [4.78, 5) is 71.1. The number of ether oxygens (including phenoxy) is 4. The highest BCUT2D eigenvalue weighted by Crippen LogP contribution is 2.46. The lowest BCUT2D eigenvalue weighted by atomic mass is 9.87. The number of imidazole rings is 2. The smallest absolute Gasteiger partial charge is 0.407 e. The average Bonchev–Trinajstić information content (AvgIpc) is 4.15. The van der Waals surface area contributed by atoms with Gasteiger partial charge in [0.15, 0.2) is 5.78 Å². The average molecular weight is 854 g/mol. The van der Waals surface area contributed by atoms with E-state index >= 15 is 0 Å². The van der Waals surface area contributed by atoms with Gasteiger partial charge >= 0.3 is 12.2 Å². The minimum absolute atomic E-state index is 0.0220. The SMILES string of the molecule is CCC(NC(=O)OC)C(=O)C1C[C@@H](COC)C[C@H]1c1ncc(-c2ccc3c(c2)COc2cc4c(ccc5nc([C@@H]6CCCN6C(=O)[C@H](NC(=O)OC)c6ccccc6)[nH]c54)cc2-3)[nH]1. The van der Waals surface area contributed by atoms with Crippen molar-refractivity contribution >= 4 is 45.7 Å². The minimum atomic E-state index is -0.905. The Kier molecular flexibility index (Phi) is 11.6. The third-order valence-corrected chi connectivity index (χ3v) is 13.0. The number of hydrogen-bond acceptors (Lipinski definition) is 10. The molecule has 6 atom stereocenters. The zero-order valence-corrected chi connectivity index (χ0v) is 35.7. The Balaban J connectivity index is 0.965. The van der Waals surface area contributed by atoms with Crippen LogP contribution in [-0.2, 0) is 30.4 Å². The lowest BCUT2D eigenvalue weighted by molar-refractivity contribution is -0.134. The zero-order chi connectivity index (χ0) is 43.8. The number of methoxy groups -OCH3 is 3. The highest BCUT2D eigenvalue weighted by atomic mass is 16.5. The Morgan fingerprint density at radius 3 is 2.49 bits per heavy atom. The largest absolute Gasteiger partial charge is 0.488 e. The van der Waals surface area contributed by atoms with Crippen molar-refractivity contribution in [2.24, 2.45) is 11.8 Å². The molecule has 2 aromatic heterocycles. The molecule has 15 heteroatoms. The van der Waals surface area contributed by atoms with Crippen LogP contribution in [0.2, 0.25) is 0 Å². The molecule has 9 rings (SSSR count). The van der Waals surface area contributed by atoms with Gasteiger partial charge in [-0.25, -0.2) is 19.6 Å². The van der Waals surface area contributed by atoms with Crippen molar-refractivity contribution in [3.05, 3.63) is 102 Å². The van der Waals surface area contributed by atoms with E-state index in [-0.39, 0.29) is 35.5 Å². The molecule has 2 aliphatic heterocycles. The van der Waals surface area contributed by atoms with E-state index in [1.807, 2.05) is 49.5 Å². The van der Waals surface area contributed by atoms with Crippen molar-refractivity contribution in [2.75, 3.05) is 34.5 Å². The molecule has 2 unspecified atom stereocenters. The van der Waals surface area contributed by atoms with Crippen molar-refractivity contribution in [2.45, 2.75) is 69.7 Å². The molecule has 15 nitrogen and oxygen atoms in total. The van der Waals surface area contributed by atoms with Gasteiger partial charge in [0.1, 0.15) is 30.0 Å². The van der Waals surface area contributed by atoms with Crippen LogP contribution >= 0.6 is 0 Å². The molecular weight excluding hydrogens is 803 g/mol. The van der Waals surface area contributed by atoms with Crippen LogP contribution in [0.3, 0.4) is 0 Å². The number of Topliss-reactive ketones (excluding diaryl/α,β-unsaturated/α-hetero) is 1. The Morgan fingerprint density at radius 1 is 0.905 bits per heavy atom. The van der Waals surface area contributed by atoms with Crippen LogP contribution in [0.4, 0.5) is 9.59 Å². The normalized spacial score (nSPS) is 20.1. The van der Waals surface area contributed by atoms with Gasteiger partial charge in [-0.2, -0.15) is 0 Å². The molecule has 0 bridgehead atoms. The van der Waals surface area contributed by atoms with E-state index in [0.717, 1.165) is 80.6 Å². The number of aromatic nitrogens is 4. The van der Waals surface area contributed by atoms with Crippen LogP contribution in [0.15, 0.2) is 79.0 Å². The molecule has 1 aliphatic carbocycles. The number of amides is 3. The van der Waals surface area contributed by atoms with Crippen LogP contribution < -0.4 is 15.4 Å². The Bertz CT molecular complexity index is 2700. The van der Waals surface area contributed by atoms with E-state index in [2.05, 4.69) is 57.0 Å². The van der Waals surface area contributed by atoms with E-state index in [4.69, 9.17) is 28.9 Å². The minimum Gasteiger partial charge on any atom is -0.488 e. The molecule has 6 aromatic rings. The van der Waals surface area contributed by atoms with Crippen molar-refractivity contribution in [3.63, 3.8) is 0 Å². The van der Waals surface area contributed by atoms with Crippen molar-refractivity contribution in [1.82, 2.24) is 35.5 Å². The predicted octanol–water partition coefficient (Wildman–Crippen LogP) is 7.89. The van der Waals surface area contributed by atoms with Crippen molar-refractivity contribution in [3.8, 4) is 28.1 Å². The first kappa shape index (κ1) is 41.6. The van der Waals surface area contributed by atoms with E-state index in [0.29, 0.717) is 44.0 Å². The van der Waals surface area contributed by atoms with Crippen molar-refractivity contribution in [1.29, 1.82) is 0 Å². The van der Waals surface area contributed by atoms with Crippen molar-refractivity contribution < 1.29 is 38.1 Å². The number of nitrogens with zero attached hydrogens (tertiary/aromatic N) is 3. The van der Waals surface area contributed by atoms with E-state index in [9.17, 15) is 19.2 Å². The molecule has 1 saturated carbocycles. The molecule has 3 amide bonds. The Morgan fingerprint density at radius 2 is 1.71 bits per heavy atom. The van der Waals surface area contributed by atoms with Crippen LogP contribution in [0, 0.1) is 11.8 Å². The van der Waals surface area contributed by atoms with E-state index in [1.54, 1.807) is 12.0 Å². The highest BCUT2D eigenvalue weighted by Gasteiger charge is 2.43. The molecule has 4 heterocycles. The predicted molar refractivity (Wildman–Crippen MR) is 235 cm³/mol. The molecule has 0 spiro atoms. The van der Waals surface area contributed by atoms with Gasteiger partial charge in [-0.05, 0) is 89.9 Å². The summed E-state index contributed by atoms with van der Waals surface area (Å²) in [6, 6.07) is 21.9. The number of alkyl carbamates (subject to hydrolysis) is 2. The van der Waals surface area contributed by atoms with Gasteiger partial charge in [0.05, 0.1) is 49.2 Å². The third kappa shape index (κ3) is 7.97. The number of ketones is 1. The number of carbonyl (C=O) groups is 4. The first-order valence-electron chi connectivity index (χ1n) is 21.5. The molecule has 2 fully saturated rings. The number of likely N-dealkylation sites (tertiary alicyclic amines) is 1. The quantitative estimate of drug-likeness (QED) is 0.0942. The number of carbonyl (C=O) groups excluding carboxylic acids is 4. The van der Waals surface area contributed by atoms with E-state index in [1.165, 1.54) is 14.2 Å². The fourth-order valence-electron chi connectivity index (χ4n) is 9.87. The molecule has 4 N–H and O–H groups in total. The van der Waals surface area contributed by atoms with Crippen LogP contribution in [0.25, 0.3) is 44.2 Å². The second-order valence-electron chi connectivity index (χ2n) is 16.7. The highest BCUT2D eigenvalue weighted by molar-refractivity contribution is 6.07. The lowest BCUT2D eigenvalue weighted by Gasteiger charge is -2.28. The van der Waals surface area contributed by atoms with Gasteiger partial charge in [0, 0.05) is 43.0 Å². The number of benzene rings is 4. The summed E-state index contributed by atoms with van der Waals surface area (Å²) < 4.78 is 21.6. The first-order chi connectivity index (χ1) is 30.7. The van der Waals surface area contributed by atoms with Crippen LogP contribution in [0.5, 0.6) is 5.75 Å². The summed E-state index contributed by atoms with van der Waals surface area (Å²) in [5.41, 5.74) is 7.22. The number of rotatable bonds is 12. The first-order valence-corrected chi connectivity index (χ1v) is 21.5. The summed E-state index contributed by atoms with van der Waals surface area (Å²) in [5, 5.41) is 7.42. The number of nitrogens with one attached hydrogen (secondary N) is 4. The summed E-state index contributed by atoms with van der Waals surface area (Å²) >= 11 is 0. The maximum atomic E-state index is 14.1. The van der Waals surface area contributed by atoms with Gasteiger partial charge in [-0.3, -0.25) is 9.59 Å². The zero-order valence-electron chi connectivity index (χ0n) is 35.7. The molecule has 63 heavy (non-hydrogen) atoms. The number of aromatic amines is 2. The fraction of sp³-hybridized carbons (Fsp3) is 0.375. The number of fused-ring (bicyclic) bond motifs is 6. The van der Waals surface area contributed by atoms with Gasteiger partial charge in [-0.15, -0.1) is 0 Å². The molecule has 3 aliphatic rings. The monoisotopic (exact) mass is 853 g/mol. The summed E-state index contributed by atoms with van der Waals surface area (Å²) in [6.45, 7) is 3.33. The van der Waals surface area contributed by atoms with Gasteiger partial charge in [0.2, 0.25) is 0 Å². The Hall–Kier alpha value is -6.74. The lowest BCUT2D eigenvalue weighted by Crippen LogP contribution is -2.43. The topological polar surface area (TPSA) is 190 Å². The summed E-state index contributed by atoms with van der Waals surface area (Å²) in [6.07, 6.45) is 3.90. The molecule has 4 aromatic carbocycles. The molecule has 1 saturated heterocycles. The Labute approximate surface area is 364 Å². The second kappa shape index (κ2) is 17.6. The van der Waals surface area contributed by atoms with E-state index < -0.39 is 24.3 Å². The van der Waals surface area contributed by atoms with Gasteiger partial charge in [0.25, 0.3) is 5.91 Å². The van der Waals surface area contributed by atoms with Gasteiger partial charge in [-0.1, -0.05) is 55.5 Å². The van der Waals surface area contributed by atoms with Gasteiger partial charge < -0.3 is 44.4 Å². The number of H-pyrrole nitrogens is 2. The summed E-state index contributed by atoms with van der Waals surface area (Å²) in [7, 11) is 4.25. The maximum Gasteiger partial charge on any atom is 0.407 e. The fourth-order valence-corrected chi connectivity index (χ4v) is 9.87. The van der Waals surface area contributed by atoms with Crippen LogP contribution in [0.1, 0.15) is 79.8 Å². The van der Waals surface area contributed by atoms with Crippen LogP contribution in [-0.4, -0.2) is 89.2 Å². The second-order valence-corrected chi connectivity index (χ2v) is 16.7. The summed E-state index contributed by atoms with van der Waals surface area (Å²) in [5.74, 6) is 1.66. The standard InChI is InChI=1S/C48H51N7O8/c1-5-36(52-47(58)61-3)43(56)34-18-26(24-60-2)19-35(34)44-49-23-38(51-44)29-13-15-31-30(20-29)25-63-40-22-32-28(21-33(31)40)14-16-37-42(32)53-45(50-37)39-12-9-17-55(39)46(57)41(54-48(59)62-4)27-10-7-6-8-11-27/h6-8,10-11,13-16,20-23,26,34-36,39,41H,5,9,12,17-19,24-25H2,1-4H3,(H,49,51)(H,50,53)(H,52,58)(H,54,59)/t26-,34?,35-,36?,39+,41-/m1/s1. The molecule has 326 valence electrons. The maximum absolute atomic E-state index is 14.1. The molecular formula is C48H51N7O8. The number of hydrogen-bond donors (Lipinski definition) is 4. The molecule has 0 radical (unpaired) electrons.